The van der Waals surface area contributed by atoms with Crippen LogP contribution in [0.15, 0.2) is 23.2 Å². The second-order valence-corrected chi connectivity index (χ2v) is 6.31. The van der Waals surface area contributed by atoms with E-state index in [1.807, 2.05) is 7.05 Å². The minimum Gasteiger partial charge on any atom is -0.384 e. The number of anilines is 1. The fraction of sp³-hybridized carbons (Fsp3) is 0.545. The molecule has 1 fully saturated rings. The van der Waals surface area contributed by atoms with Crippen molar-refractivity contribution in [1.82, 2.24) is 14.6 Å². The molecule has 1 aliphatic heterocycles. The van der Waals surface area contributed by atoms with Crippen LogP contribution in [0.1, 0.15) is 12.8 Å². The zero-order chi connectivity index (χ0) is 13.2. The summed E-state index contributed by atoms with van der Waals surface area (Å²) < 4.78 is 26.7. The molecule has 2 heterocycles. The number of likely N-dealkylation sites (N-methyl/N-ethyl adjacent to an activating group) is 1. The maximum absolute atomic E-state index is 12.0. The van der Waals surface area contributed by atoms with E-state index in [9.17, 15) is 8.42 Å². The Bertz CT molecular complexity index is 518. The van der Waals surface area contributed by atoms with Crippen molar-refractivity contribution in [3.8, 4) is 0 Å². The molecule has 0 amide bonds. The van der Waals surface area contributed by atoms with Gasteiger partial charge in [-0.3, -0.25) is 0 Å². The Kier molecular flexibility index (Phi) is 3.84. The fourth-order valence-electron chi connectivity index (χ4n) is 2.12. The summed E-state index contributed by atoms with van der Waals surface area (Å²) in [7, 11) is -1.48. The maximum Gasteiger partial charge on any atom is 0.240 e. The van der Waals surface area contributed by atoms with E-state index < -0.39 is 10.0 Å². The first-order valence-corrected chi connectivity index (χ1v) is 7.39. The SMILES string of the molecule is CN1CCCC1CNS(=O)(=O)c1ccnc(N)c1. The highest BCUT2D eigenvalue weighted by Crippen LogP contribution is 2.15. The van der Waals surface area contributed by atoms with Gasteiger partial charge in [-0.15, -0.1) is 0 Å². The number of nitrogen functional groups attached to an aromatic ring is 1. The first kappa shape index (κ1) is 13.3. The van der Waals surface area contributed by atoms with Crippen molar-refractivity contribution in [3.63, 3.8) is 0 Å². The van der Waals surface area contributed by atoms with Crippen LogP contribution in [0.25, 0.3) is 0 Å². The second-order valence-electron chi connectivity index (χ2n) is 4.54. The topological polar surface area (TPSA) is 88.3 Å². The molecule has 1 aliphatic rings. The predicted octanol–water partition coefficient (Wildman–Crippen LogP) is 0.0363. The fourth-order valence-corrected chi connectivity index (χ4v) is 3.22. The second kappa shape index (κ2) is 5.21. The third-order valence-electron chi connectivity index (χ3n) is 3.24. The van der Waals surface area contributed by atoms with E-state index in [-0.39, 0.29) is 16.8 Å². The molecule has 1 saturated heterocycles. The van der Waals surface area contributed by atoms with Gasteiger partial charge >= 0.3 is 0 Å². The summed E-state index contributed by atoms with van der Waals surface area (Å²) in [5.41, 5.74) is 5.48. The predicted molar refractivity (Wildman–Crippen MR) is 69.5 cm³/mol. The van der Waals surface area contributed by atoms with E-state index in [1.165, 1.54) is 18.3 Å². The molecular formula is C11H18N4O2S. The first-order chi connectivity index (χ1) is 8.49. The maximum atomic E-state index is 12.0. The molecule has 1 aromatic rings. The number of nitrogens with zero attached hydrogens (tertiary/aromatic N) is 2. The van der Waals surface area contributed by atoms with Gasteiger partial charge < -0.3 is 10.6 Å². The Hall–Kier alpha value is -1.18. The molecule has 0 aromatic carbocycles. The molecule has 100 valence electrons. The van der Waals surface area contributed by atoms with Crippen molar-refractivity contribution in [2.45, 2.75) is 23.8 Å². The quantitative estimate of drug-likeness (QED) is 0.806. The van der Waals surface area contributed by atoms with E-state index in [4.69, 9.17) is 5.73 Å². The van der Waals surface area contributed by atoms with Crippen molar-refractivity contribution in [3.05, 3.63) is 18.3 Å². The smallest absolute Gasteiger partial charge is 0.240 e. The Morgan fingerprint density at radius 2 is 2.39 bits per heavy atom. The molecule has 7 heteroatoms. The van der Waals surface area contributed by atoms with Gasteiger partial charge in [-0.25, -0.2) is 18.1 Å². The normalized spacial score (nSPS) is 21.3. The number of nitrogens with two attached hydrogens (primary N) is 1. The Morgan fingerprint density at radius 1 is 1.61 bits per heavy atom. The number of rotatable bonds is 4. The third kappa shape index (κ3) is 2.98. The first-order valence-electron chi connectivity index (χ1n) is 5.90. The molecule has 0 saturated carbocycles. The van der Waals surface area contributed by atoms with Crippen molar-refractivity contribution in [2.75, 3.05) is 25.9 Å². The lowest BCUT2D eigenvalue weighted by molar-refractivity contribution is 0.311. The standard InChI is InChI=1S/C11H18N4O2S/c1-15-6-2-3-9(15)8-14-18(16,17)10-4-5-13-11(12)7-10/h4-5,7,9,14H,2-3,6,8H2,1H3,(H2,12,13). The molecule has 0 aliphatic carbocycles. The van der Waals surface area contributed by atoms with Crippen LogP contribution in [0, 0.1) is 0 Å². The average molecular weight is 270 g/mol. The summed E-state index contributed by atoms with van der Waals surface area (Å²) in [6.07, 6.45) is 3.54. The number of pyridine rings is 1. The molecule has 0 spiro atoms. The summed E-state index contributed by atoms with van der Waals surface area (Å²) in [5.74, 6) is 0.204. The van der Waals surface area contributed by atoms with Crippen LogP contribution in [0.2, 0.25) is 0 Å². The van der Waals surface area contributed by atoms with Gasteiger partial charge in [0.05, 0.1) is 4.90 Å². The summed E-state index contributed by atoms with van der Waals surface area (Å²) >= 11 is 0. The minimum atomic E-state index is -3.49. The van der Waals surface area contributed by atoms with Crippen LogP contribution in [0.3, 0.4) is 0 Å². The van der Waals surface area contributed by atoms with Gasteiger partial charge in [-0.2, -0.15) is 0 Å². The van der Waals surface area contributed by atoms with Gasteiger partial charge in [-0.1, -0.05) is 0 Å². The molecule has 0 radical (unpaired) electrons. The molecular weight excluding hydrogens is 252 g/mol. The van der Waals surface area contributed by atoms with Gasteiger partial charge in [-0.05, 0) is 32.5 Å². The van der Waals surface area contributed by atoms with Gasteiger partial charge in [0, 0.05) is 24.8 Å². The van der Waals surface area contributed by atoms with E-state index in [1.54, 1.807) is 0 Å². The number of sulfonamides is 1. The highest BCUT2D eigenvalue weighted by atomic mass is 32.2. The van der Waals surface area contributed by atoms with Crippen molar-refractivity contribution in [1.29, 1.82) is 0 Å². The lowest BCUT2D eigenvalue weighted by Crippen LogP contribution is -2.38. The summed E-state index contributed by atoms with van der Waals surface area (Å²) in [6, 6.07) is 3.08. The summed E-state index contributed by atoms with van der Waals surface area (Å²) in [5, 5.41) is 0. The highest BCUT2D eigenvalue weighted by molar-refractivity contribution is 7.89. The van der Waals surface area contributed by atoms with Crippen LogP contribution in [0.4, 0.5) is 5.82 Å². The lowest BCUT2D eigenvalue weighted by atomic mass is 10.2. The number of likely N-dealkylation sites (tertiary alicyclic amines) is 1. The Morgan fingerprint density at radius 3 is 3.00 bits per heavy atom. The van der Waals surface area contributed by atoms with Crippen molar-refractivity contribution >= 4 is 15.8 Å². The molecule has 1 atom stereocenters. The van der Waals surface area contributed by atoms with Crippen molar-refractivity contribution in [2.24, 2.45) is 0 Å². The highest BCUT2D eigenvalue weighted by Gasteiger charge is 2.23. The molecule has 2 rings (SSSR count). The van der Waals surface area contributed by atoms with Gasteiger partial charge in [0.1, 0.15) is 5.82 Å². The van der Waals surface area contributed by atoms with Gasteiger partial charge in [0.25, 0.3) is 0 Å². The molecule has 18 heavy (non-hydrogen) atoms. The summed E-state index contributed by atoms with van der Waals surface area (Å²) in [4.78, 5) is 6.11. The van der Waals surface area contributed by atoms with Crippen LogP contribution in [0.5, 0.6) is 0 Å². The largest absolute Gasteiger partial charge is 0.384 e. The molecule has 6 nitrogen and oxygen atoms in total. The molecule has 3 N–H and O–H groups in total. The molecule has 0 bridgehead atoms. The molecule has 1 unspecified atom stereocenters. The van der Waals surface area contributed by atoms with Crippen LogP contribution in [-0.2, 0) is 10.0 Å². The minimum absolute atomic E-state index is 0.163. The molecule has 1 aromatic heterocycles. The van der Waals surface area contributed by atoms with Crippen LogP contribution in [-0.4, -0.2) is 44.5 Å². The van der Waals surface area contributed by atoms with Crippen molar-refractivity contribution < 1.29 is 8.42 Å². The van der Waals surface area contributed by atoms with Crippen LogP contribution < -0.4 is 10.5 Å². The van der Waals surface area contributed by atoms with E-state index in [0.717, 1.165) is 19.4 Å². The van der Waals surface area contributed by atoms with Gasteiger partial charge in [0.2, 0.25) is 10.0 Å². The van der Waals surface area contributed by atoms with E-state index in [0.29, 0.717) is 6.54 Å². The van der Waals surface area contributed by atoms with Crippen LogP contribution >= 0.6 is 0 Å². The average Bonchev–Trinajstić information content (AvgIpc) is 2.72. The van der Waals surface area contributed by atoms with Gasteiger partial charge in [0.15, 0.2) is 0 Å². The number of hydrogen-bond acceptors (Lipinski definition) is 5. The Balaban J connectivity index is 2.03. The van der Waals surface area contributed by atoms with E-state index in [2.05, 4.69) is 14.6 Å². The summed E-state index contributed by atoms with van der Waals surface area (Å²) in [6.45, 7) is 1.45. The third-order valence-corrected chi connectivity index (χ3v) is 4.66. The zero-order valence-corrected chi connectivity index (χ0v) is 11.2. The number of aromatic nitrogens is 1. The van der Waals surface area contributed by atoms with E-state index >= 15 is 0 Å². The number of hydrogen-bond donors (Lipinski definition) is 2. The monoisotopic (exact) mass is 270 g/mol. The lowest BCUT2D eigenvalue weighted by Gasteiger charge is -2.19. The zero-order valence-electron chi connectivity index (χ0n) is 10.3. The Labute approximate surface area is 107 Å². The number of nitrogens with one attached hydrogen (secondary N) is 1.